The third-order valence-electron chi connectivity index (χ3n) is 5.54. The summed E-state index contributed by atoms with van der Waals surface area (Å²) in [4.78, 5) is 17.5. The molecule has 32 heavy (non-hydrogen) atoms. The molecule has 2 N–H and O–H groups in total. The number of benzene rings is 3. The first-order valence-corrected chi connectivity index (χ1v) is 10.8. The van der Waals surface area contributed by atoms with Gasteiger partial charge in [-0.25, -0.2) is 0 Å². The Hall–Kier alpha value is -3.92. The molecule has 1 amide bonds. The van der Waals surface area contributed by atoms with Gasteiger partial charge in [-0.3, -0.25) is 9.78 Å². The predicted octanol–water partition coefficient (Wildman–Crippen LogP) is 6.27. The third-order valence-corrected chi connectivity index (χ3v) is 5.54. The van der Waals surface area contributed by atoms with Crippen LogP contribution in [0.3, 0.4) is 0 Å². The normalized spacial score (nSPS) is 10.6. The van der Waals surface area contributed by atoms with Crippen molar-refractivity contribution in [2.75, 3.05) is 17.2 Å². The topological polar surface area (TPSA) is 54.0 Å². The van der Waals surface area contributed by atoms with Crippen LogP contribution in [-0.4, -0.2) is 17.4 Å². The SMILES string of the molecule is Cc1cc(C(=O)Nc2ccc(NCCc3ccccn3)cc2)c(-c2ccccc2)cc1C. The van der Waals surface area contributed by atoms with Crippen molar-refractivity contribution in [3.8, 4) is 11.1 Å². The lowest BCUT2D eigenvalue weighted by Gasteiger charge is -2.14. The number of anilines is 2. The Kier molecular flexibility index (Phi) is 6.61. The van der Waals surface area contributed by atoms with E-state index in [2.05, 4.69) is 28.6 Å². The number of aryl methyl sites for hydroxylation is 2. The summed E-state index contributed by atoms with van der Waals surface area (Å²) in [5.74, 6) is -0.109. The van der Waals surface area contributed by atoms with E-state index in [9.17, 15) is 4.79 Å². The van der Waals surface area contributed by atoms with E-state index in [-0.39, 0.29) is 5.91 Å². The third kappa shape index (κ3) is 5.22. The van der Waals surface area contributed by atoms with Gasteiger partial charge in [0.2, 0.25) is 0 Å². The number of carbonyl (C=O) groups excluding carboxylic acids is 1. The monoisotopic (exact) mass is 421 g/mol. The second kappa shape index (κ2) is 9.92. The summed E-state index contributed by atoms with van der Waals surface area (Å²) in [5, 5.41) is 6.44. The Balaban J connectivity index is 1.44. The first kappa shape index (κ1) is 21.3. The Labute approximate surface area is 189 Å². The number of rotatable bonds is 7. The number of hydrogen-bond acceptors (Lipinski definition) is 3. The van der Waals surface area contributed by atoms with Crippen LogP contribution in [0.2, 0.25) is 0 Å². The van der Waals surface area contributed by atoms with Crippen LogP contribution in [0.5, 0.6) is 0 Å². The summed E-state index contributed by atoms with van der Waals surface area (Å²) in [6.45, 7) is 4.90. The molecule has 3 aromatic carbocycles. The first-order chi connectivity index (χ1) is 15.6. The molecule has 0 spiro atoms. The van der Waals surface area contributed by atoms with Crippen LogP contribution in [0.25, 0.3) is 11.1 Å². The van der Waals surface area contributed by atoms with Gasteiger partial charge in [0.05, 0.1) is 0 Å². The Bertz CT molecular complexity index is 1190. The molecule has 0 fully saturated rings. The molecule has 1 heterocycles. The minimum absolute atomic E-state index is 0.109. The molecule has 0 atom stereocenters. The molecule has 4 rings (SSSR count). The molecular weight excluding hydrogens is 394 g/mol. The molecular formula is C28H27N3O. The second-order valence-corrected chi connectivity index (χ2v) is 7.88. The quantitative estimate of drug-likeness (QED) is 0.370. The van der Waals surface area contributed by atoms with Crippen LogP contribution >= 0.6 is 0 Å². The highest BCUT2D eigenvalue weighted by molar-refractivity contribution is 6.09. The van der Waals surface area contributed by atoms with E-state index in [0.717, 1.165) is 46.7 Å². The molecule has 4 heteroatoms. The summed E-state index contributed by atoms with van der Waals surface area (Å²) in [6.07, 6.45) is 2.67. The van der Waals surface area contributed by atoms with Gasteiger partial charge in [0, 0.05) is 41.8 Å². The lowest BCUT2D eigenvalue weighted by molar-refractivity contribution is 0.102. The summed E-state index contributed by atoms with van der Waals surface area (Å²) in [7, 11) is 0. The van der Waals surface area contributed by atoms with Crippen molar-refractivity contribution >= 4 is 17.3 Å². The Morgan fingerprint density at radius 1 is 0.812 bits per heavy atom. The molecule has 0 saturated carbocycles. The van der Waals surface area contributed by atoms with E-state index >= 15 is 0 Å². The first-order valence-electron chi connectivity index (χ1n) is 10.8. The number of nitrogens with one attached hydrogen (secondary N) is 2. The van der Waals surface area contributed by atoms with Gasteiger partial charge in [-0.1, -0.05) is 42.5 Å². The van der Waals surface area contributed by atoms with Crippen LogP contribution in [0.15, 0.2) is 91.1 Å². The van der Waals surface area contributed by atoms with E-state index in [1.165, 1.54) is 5.56 Å². The van der Waals surface area contributed by atoms with Gasteiger partial charge in [0.15, 0.2) is 0 Å². The molecule has 0 aliphatic carbocycles. The zero-order valence-electron chi connectivity index (χ0n) is 18.4. The van der Waals surface area contributed by atoms with Crippen molar-refractivity contribution in [3.05, 3.63) is 114 Å². The summed E-state index contributed by atoms with van der Waals surface area (Å²) in [5.41, 5.74) is 7.76. The second-order valence-electron chi connectivity index (χ2n) is 7.88. The molecule has 0 bridgehead atoms. The summed E-state index contributed by atoms with van der Waals surface area (Å²) in [6, 6.07) is 27.8. The number of hydrogen-bond donors (Lipinski definition) is 2. The van der Waals surface area contributed by atoms with Crippen LogP contribution in [-0.2, 0) is 6.42 Å². The minimum Gasteiger partial charge on any atom is -0.385 e. The molecule has 0 aliphatic heterocycles. The highest BCUT2D eigenvalue weighted by Crippen LogP contribution is 2.28. The highest BCUT2D eigenvalue weighted by atomic mass is 16.1. The number of pyridine rings is 1. The highest BCUT2D eigenvalue weighted by Gasteiger charge is 2.15. The van der Waals surface area contributed by atoms with E-state index < -0.39 is 0 Å². The molecule has 4 nitrogen and oxygen atoms in total. The minimum atomic E-state index is -0.109. The van der Waals surface area contributed by atoms with Crippen LogP contribution in [0.4, 0.5) is 11.4 Å². The molecule has 0 unspecified atom stereocenters. The zero-order valence-corrected chi connectivity index (χ0v) is 18.4. The maximum Gasteiger partial charge on any atom is 0.256 e. The smallest absolute Gasteiger partial charge is 0.256 e. The van der Waals surface area contributed by atoms with E-state index in [0.29, 0.717) is 5.56 Å². The van der Waals surface area contributed by atoms with E-state index in [1.807, 2.05) is 92.0 Å². The van der Waals surface area contributed by atoms with E-state index in [4.69, 9.17) is 0 Å². The van der Waals surface area contributed by atoms with Crippen LogP contribution in [0, 0.1) is 13.8 Å². The Morgan fingerprint density at radius 3 is 2.22 bits per heavy atom. The van der Waals surface area contributed by atoms with Gasteiger partial charge in [-0.15, -0.1) is 0 Å². The Morgan fingerprint density at radius 2 is 1.50 bits per heavy atom. The van der Waals surface area contributed by atoms with Crippen molar-refractivity contribution < 1.29 is 4.79 Å². The lowest BCUT2D eigenvalue weighted by Crippen LogP contribution is -2.14. The molecule has 160 valence electrons. The molecule has 0 radical (unpaired) electrons. The van der Waals surface area contributed by atoms with Gasteiger partial charge in [0.25, 0.3) is 5.91 Å². The van der Waals surface area contributed by atoms with Gasteiger partial charge in [0.1, 0.15) is 0 Å². The van der Waals surface area contributed by atoms with Gasteiger partial charge in [-0.05, 0) is 78.6 Å². The van der Waals surface area contributed by atoms with Crippen molar-refractivity contribution in [3.63, 3.8) is 0 Å². The van der Waals surface area contributed by atoms with Crippen molar-refractivity contribution in [2.45, 2.75) is 20.3 Å². The summed E-state index contributed by atoms with van der Waals surface area (Å²) < 4.78 is 0. The lowest BCUT2D eigenvalue weighted by atomic mass is 9.94. The molecule has 0 saturated heterocycles. The van der Waals surface area contributed by atoms with Gasteiger partial charge < -0.3 is 10.6 Å². The molecule has 0 aliphatic rings. The fourth-order valence-electron chi connectivity index (χ4n) is 3.61. The largest absolute Gasteiger partial charge is 0.385 e. The van der Waals surface area contributed by atoms with Crippen molar-refractivity contribution in [2.24, 2.45) is 0 Å². The van der Waals surface area contributed by atoms with Crippen LogP contribution in [0.1, 0.15) is 27.2 Å². The fraction of sp³-hybridized carbons (Fsp3) is 0.143. The van der Waals surface area contributed by atoms with Crippen molar-refractivity contribution in [1.29, 1.82) is 0 Å². The summed E-state index contributed by atoms with van der Waals surface area (Å²) >= 11 is 0. The average molecular weight is 422 g/mol. The molecule has 1 aromatic heterocycles. The van der Waals surface area contributed by atoms with E-state index in [1.54, 1.807) is 0 Å². The number of aromatic nitrogens is 1. The average Bonchev–Trinajstić information content (AvgIpc) is 2.83. The fourth-order valence-corrected chi connectivity index (χ4v) is 3.61. The zero-order chi connectivity index (χ0) is 22.3. The van der Waals surface area contributed by atoms with Crippen molar-refractivity contribution in [1.82, 2.24) is 4.98 Å². The van der Waals surface area contributed by atoms with Gasteiger partial charge >= 0.3 is 0 Å². The van der Waals surface area contributed by atoms with Crippen LogP contribution < -0.4 is 10.6 Å². The van der Waals surface area contributed by atoms with Gasteiger partial charge in [-0.2, -0.15) is 0 Å². The molecule has 4 aromatic rings. The number of amides is 1. The number of nitrogens with zero attached hydrogens (tertiary/aromatic N) is 1. The maximum atomic E-state index is 13.2. The predicted molar refractivity (Wildman–Crippen MR) is 132 cm³/mol. The maximum absolute atomic E-state index is 13.2. The number of carbonyl (C=O) groups is 1. The standard InChI is InChI=1S/C28H27N3O/c1-20-18-26(22-8-4-3-5-9-22)27(19-21(20)2)28(32)31-25-13-11-24(12-14-25)30-17-15-23-10-6-7-16-29-23/h3-14,16,18-19,30H,15,17H2,1-2H3,(H,31,32).